The van der Waals surface area contributed by atoms with Crippen molar-refractivity contribution in [3.63, 3.8) is 0 Å². The summed E-state index contributed by atoms with van der Waals surface area (Å²) in [6.07, 6.45) is 7.13. The summed E-state index contributed by atoms with van der Waals surface area (Å²) < 4.78 is 11.7. The van der Waals surface area contributed by atoms with Crippen LogP contribution in [-0.2, 0) is 11.2 Å². The highest BCUT2D eigenvalue weighted by atomic mass is 32.1. The maximum absolute atomic E-state index is 12.6. The summed E-state index contributed by atoms with van der Waals surface area (Å²) in [5, 5.41) is 8.03. The first-order valence-corrected chi connectivity index (χ1v) is 10.9. The number of hydrogen-bond donors (Lipinski definition) is 0. The molecule has 0 N–H and O–H groups in total. The van der Waals surface area contributed by atoms with E-state index in [9.17, 15) is 4.79 Å². The number of amides is 1. The largest absolute Gasteiger partial charge is 0.375 e. The molecular weight excluding hydrogens is 362 g/mol. The van der Waals surface area contributed by atoms with E-state index in [0.717, 1.165) is 69.1 Å². The summed E-state index contributed by atoms with van der Waals surface area (Å²) in [4.78, 5) is 19.1. The van der Waals surface area contributed by atoms with Crippen LogP contribution in [0, 0.1) is 5.92 Å². The van der Waals surface area contributed by atoms with Crippen molar-refractivity contribution in [3.8, 4) is 0 Å². The van der Waals surface area contributed by atoms with Crippen LogP contribution in [0.3, 0.4) is 0 Å². The van der Waals surface area contributed by atoms with E-state index >= 15 is 0 Å². The number of carbonyl (C=O) groups excluding carboxylic acids is 1. The molecule has 2 aromatic rings. The molecule has 27 heavy (non-hydrogen) atoms. The zero-order valence-corrected chi connectivity index (χ0v) is 16.2. The Bertz CT molecular complexity index is 791. The van der Waals surface area contributed by atoms with Gasteiger partial charge in [-0.2, -0.15) is 16.3 Å². The van der Waals surface area contributed by atoms with Gasteiger partial charge in [-0.3, -0.25) is 4.79 Å². The first kappa shape index (κ1) is 17.4. The fraction of sp³-hybridized carbons (Fsp3) is 0.650. The molecule has 0 bridgehead atoms. The fourth-order valence-corrected chi connectivity index (χ4v) is 5.07. The van der Waals surface area contributed by atoms with Crippen molar-refractivity contribution < 1.29 is 14.1 Å². The zero-order valence-electron chi connectivity index (χ0n) is 15.4. The van der Waals surface area contributed by atoms with Gasteiger partial charge in [0.15, 0.2) is 5.82 Å². The monoisotopic (exact) mass is 387 g/mol. The lowest BCUT2D eigenvalue weighted by molar-refractivity contribution is -0.123. The highest BCUT2D eigenvalue weighted by molar-refractivity contribution is 7.08. The molecule has 2 aromatic heterocycles. The van der Waals surface area contributed by atoms with Crippen molar-refractivity contribution in [2.24, 2.45) is 5.92 Å². The minimum atomic E-state index is -0.0896. The van der Waals surface area contributed by atoms with Gasteiger partial charge in [-0.15, -0.1) is 0 Å². The molecule has 7 heteroatoms. The molecule has 0 aromatic carbocycles. The van der Waals surface area contributed by atoms with Gasteiger partial charge in [-0.05, 0) is 55.9 Å². The predicted octanol–water partition coefficient (Wildman–Crippen LogP) is 3.65. The molecule has 2 aliphatic heterocycles. The molecule has 0 radical (unpaired) electrons. The molecule has 4 heterocycles. The molecule has 144 valence electrons. The average Bonchev–Trinajstić information content (AvgIpc) is 3.18. The number of hydrogen-bond acceptors (Lipinski definition) is 6. The topological polar surface area (TPSA) is 68.5 Å². The Morgan fingerprint density at radius 3 is 2.89 bits per heavy atom. The lowest BCUT2D eigenvalue weighted by Gasteiger charge is -2.46. The Morgan fingerprint density at radius 2 is 2.15 bits per heavy atom. The quantitative estimate of drug-likeness (QED) is 0.801. The number of likely N-dealkylation sites (tertiary alicyclic amines) is 1. The van der Waals surface area contributed by atoms with Gasteiger partial charge in [-0.1, -0.05) is 5.16 Å². The first-order chi connectivity index (χ1) is 13.2. The summed E-state index contributed by atoms with van der Waals surface area (Å²) in [6, 6.07) is 1.91. The van der Waals surface area contributed by atoms with Gasteiger partial charge < -0.3 is 14.2 Å². The van der Waals surface area contributed by atoms with Crippen LogP contribution in [0.5, 0.6) is 0 Å². The van der Waals surface area contributed by atoms with Crippen LogP contribution in [0.25, 0.3) is 0 Å². The Kier molecular flexibility index (Phi) is 4.52. The van der Waals surface area contributed by atoms with Gasteiger partial charge in [0.05, 0.1) is 11.2 Å². The average molecular weight is 388 g/mol. The maximum Gasteiger partial charge on any atom is 0.254 e. The molecule has 1 atom stereocenters. The SMILES string of the molecule is O=C(c1ccsc1)N1CCC2(CC1)CC(Cc1nc(C3CC3)no1)CCO2. The smallest absolute Gasteiger partial charge is 0.254 e. The highest BCUT2D eigenvalue weighted by Gasteiger charge is 2.41. The van der Waals surface area contributed by atoms with Gasteiger partial charge in [0.2, 0.25) is 5.89 Å². The summed E-state index contributed by atoms with van der Waals surface area (Å²) in [5.41, 5.74) is 0.717. The van der Waals surface area contributed by atoms with Gasteiger partial charge in [0, 0.05) is 37.4 Å². The van der Waals surface area contributed by atoms with Crippen molar-refractivity contribution in [2.45, 2.75) is 56.5 Å². The second-order valence-corrected chi connectivity index (χ2v) is 9.00. The predicted molar refractivity (Wildman–Crippen MR) is 101 cm³/mol. The van der Waals surface area contributed by atoms with E-state index in [1.807, 2.05) is 21.7 Å². The van der Waals surface area contributed by atoms with Crippen LogP contribution in [-0.4, -0.2) is 46.2 Å². The van der Waals surface area contributed by atoms with Crippen LogP contribution in [0.15, 0.2) is 21.3 Å². The highest BCUT2D eigenvalue weighted by Crippen LogP contribution is 2.40. The minimum Gasteiger partial charge on any atom is -0.375 e. The summed E-state index contributed by atoms with van der Waals surface area (Å²) in [7, 11) is 0. The van der Waals surface area contributed by atoms with E-state index in [2.05, 4.69) is 10.1 Å². The Balaban J connectivity index is 1.18. The lowest BCUT2D eigenvalue weighted by atomic mass is 9.78. The zero-order chi connectivity index (χ0) is 18.3. The van der Waals surface area contributed by atoms with Crippen LogP contribution in [0.2, 0.25) is 0 Å². The van der Waals surface area contributed by atoms with Crippen LogP contribution >= 0.6 is 11.3 Å². The Hall–Kier alpha value is -1.73. The fourth-order valence-electron chi connectivity index (χ4n) is 4.44. The van der Waals surface area contributed by atoms with E-state index in [0.29, 0.717) is 11.8 Å². The van der Waals surface area contributed by atoms with E-state index < -0.39 is 0 Å². The molecule has 1 aliphatic carbocycles. The number of ether oxygens (including phenoxy) is 1. The van der Waals surface area contributed by atoms with E-state index in [1.54, 1.807) is 11.3 Å². The Morgan fingerprint density at radius 1 is 1.30 bits per heavy atom. The molecule has 1 amide bonds. The number of thiophene rings is 1. The lowest BCUT2D eigenvalue weighted by Crippen LogP contribution is -2.51. The second-order valence-electron chi connectivity index (χ2n) is 8.22. The first-order valence-electron chi connectivity index (χ1n) is 9.99. The summed E-state index contributed by atoms with van der Waals surface area (Å²) >= 11 is 1.57. The van der Waals surface area contributed by atoms with Crippen molar-refractivity contribution in [3.05, 3.63) is 34.1 Å². The van der Waals surface area contributed by atoms with Crippen LogP contribution in [0.1, 0.15) is 66.5 Å². The number of piperidine rings is 1. The van der Waals surface area contributed by atoms with Crippen molar-refractivity contribution in [1.82, 2.24) is 15.0 Å². The molecule has 3 fully saturated rings. The van der Waals surface area contributed by atoms with E-state index in [-0.39, 0.29) is 11.5 Å². The third kappa shape index (κ3) is 3.67. The maximum atomic E-state index is 12.6. The van der Waals surface area contributed by atoms with Gasteiger partial charge >= 0.3 is 0 Å². The molecule has 5 rings (SSSR count). The minimum absolute atomic E-state index is 0.0896. The molecule has 6 nitrogen and oxygen atoms in total. The van der Waals surface area contributed by atoms with E-state index in [1.165, 1.54) is 12.8 Å². The van der Waals surface area contributed by atoms with Gasteiger partial charge in [0.1, 0.15) is 0 Å². The van der Waals surface area contributed by atoms with E-state index in [4.69, 9.17) is 9.26 Å². The molecule has 3 aliphatic rings. The second kappa shape index (κ2) is 7.02. The van der Waals surface area contributed by atoms with Crippen LogP contribution < -0.4 is 0 Å². The third-order valence-electron chi connectivity index (χ3n) is 6.21. The Labute approximate surface area is 162 Å². The molecule has 1 spiro atoms. The molecule has 1 unspecified atom stereocenters. The number of aromatic nitrogens is 2. The molecule has 2 saturated heterocycles. The van der Waals surface area contributed by atoms with Crippen molar-refractivity contribution >= 4 is 17.2 Å². The summed E-state index contributed by atoms with van der Waals surface area (Å²) in [5.74, 6) is 2.88. The van der Waals surface area contributed by atoms with Gasteiger partial charge in [-0.25, -0.2) is 0 Å². The normalized spacial score (nSPS) is 25.0. The number of nitrogens with zero attached hydrogens (tertiary/aromatic N) is 3. The standard InChI is InChI=1S/C20H25N3O3S/c24-19(16-4-10-27-13-16)23-7-5-20(6-8-23)12-14(3-9-25-20)11-17-21-18(22-26-17)15-1-2-15/h4,10,13-15H,1-3,5-9,11-12H2. The number of rotatable bonds is 4. The number of carbonyl (C=O) groups is 1. The molecule has 1 saturated carbocycles. The van der Waals surface area contributed by atoms with Crippen LogP contribution in [0.4, 0.5) is 0 Å². The third-order valence-corrected chi connectivity index (χ3v) is 6.90. The van der Waals surface area contributed by atoms with Gasteiger partial charge in [0.25, 0.3) is 5.91 Å². The molecular formula is C20H25N3O3S. The van der Waals surface area contributed by atoms with Crippen molar-refractivity contribution in [2.75, 3.05) is 19.7 Å². The summed E-state index contributed by atoms with van der Waals surface area (Å²) in [6.45, 7) is 2.33. The van der Waals surface area contributed by atoms with Crippen molar-refractivity contribution in [1.29, 1.82) is 0 Å².